The summed E-state index contributed by atoms with van der Waals surface area (Å²) in [5.41, 5.74) is 1.22. The number of hydrogen-bond donors (Lipinski definition) is 1. The fraction of sp³-hybridized carbons (Fsp3) is 0.357. The van der Waals surface area contributed by atoms with Gasteiger partial charge in [-0.05, 0) is 54.8 Å². The van der Waals surface area contributed by atoms with Gasteiger partial charge >= 0.3 is 0 Å². The Kier molecular flexibility index (Phi) is 4.20. The average Bonchev–Trinajstić information content (AvgIpc) is 2.97. The number of furan rings is 1. The minimum Gasteiger partial charge on any atom is -0.464 e. The van der Waals surface area contributed by atoms with Crippen molar-refractivity contribution in [3.63, 3.8) is 0 Å². The molecule has 2 aromatic rings. The molecule has 3 nitrogen and oxygen atoms in total. The first-order valence-electron chi connectivity index (χ1n) is 6.02. The number of thiophene rings is 1. The second-order valence-corrected chi connectivity index (χ2v) is 5.15. The first-order chi connectivity index (χ1) is 8.65. The summed E-state index contributed by atoms with van der Waals surface area (Å²) in [6.07, 6.45) is 1.31. The van der Waals surface area contributed by atoms with Gasteiger partial charge in [0, 0.05) is 6.42 Å². The molecule has 96 valence electrons. The largest absolute Gasteiger partial charge is 0.464 e. The van der Waals surface area contributed by atoms with E-state index in [0.717, 1.165) is 17.9 Å². The minimum absolute atomic E-state index is 0.0581. The highest BCUT2D eigenvalue weighted by atomic mass is 32.1. The van der Waals surface area contributed by atoms with Crippen molar-refractivity contribution in [2.45, 2.75) is 32.7 Å². The number of hydrogen-bond acceptors (Lipinski definition) is 3. The molecule has 0 saturated carbocycles. The van der Waals surface area contributed by atoms with Gasteiger partial charge in [0.25, 0.3) is 0 Å². The van der Waals surface area contributed by atoms with Crippen molar-refractivity contribution in [3.05, 3.63) is 46.0 Å². The summed E-state index contributed by atoms with van der Waals surface area (Å²) in [5, 5.41) is 7.05. The predicted octanol–water partition coefficient (Wildman–Crippen LogP) is 3.46. The average molecular weight is 263 g/mol. The highest BCUT2D eigenvalue weighted by Crippen LogP contribution is 2.16. The third-order valence-electron chi connectivity index (χ3n) is 2.79. The molecule has 1 amide bonds. The zero-order chi connectivity index (χ0) is 13.0. The van der Waals surface area contributed by atoms with Crippen LogP contribution >= 0.6 is 11.3 Å². The molecule has 0 aliphatic rings. The highest BCUT2D eigenvalue weighted by molar-refractivity contribution is 7.07. The van der Waals surface area contributed by atoms with Crippen LogP contribution in [0.25, 0.3) is 0 Å². The Balaban J connectivity index is 1.80. The third-order valence-corrected chi connectivity index (χ3v) is 3.52. The van der Waals surface area contributed by atoms with E-state index in [0.29, 0.717) is 6.42 Å². The van der Waals surface area contributed by atoms with Crippen molar-refractivity contribution >= 4 is 17.2 Å². The lowest BCUT2D eigenvalue weighted by Gasteiger charge is -2.11. The van der Waals surface area contributed by atoms with Gasteiger partial charge in [-0.15, -0.1) is 0 Å². The number of carbonyl (C=O) groups excluding carboxylic acids is 1. The van der Waals surface area contributed by atoms with Crippen LogP contribution < -0.4 is 5.32 Å². The summed E-state index contributed by atoms with van der Waals surface area (Å²) in [6.45, 7) is 3.83. The molecule has 1 N–H and O–H groups in total. The van der Waals surface area contributed by atoms with Crippen LogP contribution in [0.1, 0.15) is 36.5 Å². The van der Waals surface area contributed by atoms with Crippen LogP contribution in [0.15, 0.2) is 33.4 Å². The van der Waals surface area contributed by atoms with Crippen LogP contribution in [-0.4, -0.2) is 5.91 Å². The van der Waals surface area contributed by atoms with E-state index in [4.69, 9.17) is 4.42 Å². The molecule has 0 spiro atoms. The van der Waals surface area contributed by atoms with Gasteiger partial charge in [0.05, 0.1) is 6.04 Å². The fourth-order valence-electron chi connectivity index (χ4n) is 1.76. The van der Waals surface area contributed by atoms with Gasteiger partial charge in [-0.3, -0.25) is 4.79 Å². The third kappa shape index (κ3) is 3.47. The maximum atomic E-state index is 11.8. The van der Waals surface area contributed by atoms with Crippen molar-refractivity contribution in [3.8, 4) is 0 Å². The standard InChI is InChI=1S/C14H17NO2S/c1-10-3-5-13(17-10)11(2)15-14(16)6-4-12-7-8-18-9-12/h3,5,7-9,11H,4,6H2,1-2H3,(H,15,16)/t11-/m1/s1. The Morgan fingerprint density at radius 1 is 1.44 bits per heavy atom. The zero-order valence-electron chi connectivity index (χ0n) is 10.6. The molecule has 0 radical (unpaired) electrons. The highest BCUT2D eigenvalue weighted by Gasteiger charge is 2.12. The molecule has 0 unspecified atom stereocenters. The van der Waals surface area contributed by atoms with Crippen molar-refractivity contribution in [2.24, 2.45) is 0 Å². The summed E-state index contributed by atoms with van der Waals surface area (Å²) in [6, 6.07) is 5.79. The van der Waals surface area contributed by atoms with Crippen molar-refractivity contribution in [1.29, 1.82) is 0 Å². The normalized spacial score (nSPS) is 12.3. The van der Waals surface area contributed by atoms with E-state index in [-0.39, 0.29) is 11.9 Å². The monoisotopic (exact) mass is 263 g/mol. The SMILES string of the molecule is Cc1ccc([C@@H](C)NC(=O)CCc2ccsc2)o1. The van der Waals surface area contributed by atoms with Gasteiger partial charge in [0.1, 0.15) is 11.5 Å². The molecule has 2 rings (SSSR count). The number of rotatable bonds is 5. The first-order valence-corrected chi connectivity index (χ1v) is 6.96. The van der Waals surface area contributed by atoms with Crippen LogP contribution in [0.2, 0.25) is 0 Å². The number of nitrogens with one attached hydrogen (secondary N) is 1. The molecule has 0 fully saturated rings. The Morgan fingerprint density at radius 2 is 2.28 bits per heavy atom. The van der Waals surface area contributed by atoms with E-state index >= 15 is 0 Å². The lowest BCUT2D eigenvalue weighted by molar-refractivity contribution is -0.121. The van der Waals surface area contributed by atoms with Gasteiger partial charge in [-0.2, -0.15) is 11.3 Å². The summed E-state index contributed by atoms with van der Waals surface area (Å²) < 4.78 is 5.48. The van der Waals surface area contributed by atoms with Crippen LogP contribution in [0.5, 0.6) is 0 Å². The summed E-state index contributed by atoms with van der Waals surface area (Å²) in [5.74, 6) is 1.73. The molecule has 4 heteroatoms. The predicted molar refractivity (Wildman–Crippen MR) is 72.6 cm³/mol. The van der Waals surface area contributed by atoms with E-state index in [1.54, 1.807) is 11.3 Å². The van der Waals surface area contributed by atoms with Gasteiger partial charge in [0.15, 0.2) is 0 Å². The minimum atomic E-state index is -0.0753. The Labute approximate surface area is 111 Å². The molecule has 0 saturated heterocycles. The smallest absolute Gasteiger partial charge is 0.220 e. The van der Waals surface area contributed by atoms with E-state index in [9.17, 15) is 4.79 Å². The van der Waals surface area contributed by atoms with Gasteiger partial charge in [-0.1, -0.05) is 0 Å². The Hall–Kier alpha value is -1.55. The molecule has 2 heterocycles. The van der Waals surface area contributed by atoms with E-state index < -0.39 is 0 Å². The van der Waals surface area contributed by atoms with Gasteiger partial charge < -0.3 is 9.73 Å². The molecular weight excluding hydrogens is 246 g/mol. The number of aryl methyl sites for hydroxylation is 2. The van der Waals surface area contributed by atoms with Gasteiger partial charge in [0.2, 0.25) is 5.91 Å². The number of carbonyl (C=O) groups is 1. The first kappa shape index (κ1) is 12.9. The van der Waals surface area contributed by atoms with Crippen LogP contribution in [0, 0.1) is 6.92 Å². The molecule has 0 bridgehead atoms. The zero-order valence-corrected chi connectivity index (χ0v) is 11.4. The van der Waals surface area contributed by atoms with E-state index in [1.807, 2.05) is 31.4 Å². The van der Waals surface area contributed by atoms with Crippen LogP contribution in [0.3, 0.4) is 0 Å². The maximum absolute atomic E-state index is 11.8. The molecule has 1 atom stereocenters. The molecule has 0 aromatic carbocycles. The Morgan fingerprint density at radius 3 is 2.89 bits per heavy atom. The molecule has 0 aliphatic carbocycles. The lowest BCUT2D eigenvalue weighted by Crippen LogP contribution is -2.26. The van der Waals surface area contributed by atoms with E-state index in [1.165, 1.54) is 5.56 Å². The second kappa shape index (κ2) is 5.87. The van der Waals surface area contributed by atoms with Crippen LogP contribution in [0.4, 0.5) is 0 Å². The van der Waals surface area contributed by atoms with Crippen molar-refractivity contribution < 1.29 is 9.21 Å². The molecule has 18 heavy (non-hydrogen) atoms. The molecule has 2 aromatic heterocycles. The topological polar surface area (TPSA) is 42.2 Å². The van der Waals surface area contributed by atoms with Crippen LogP contribution in [-0.2, 0) is 11.2 Å². The summed E-state index contributed by atoms with van der Waals surface area (Å²) in [4.78, 5) is 11.8. The van der Waals surface area contributed by atoms with Crippen molar-refractivity contribution in [1.82, 2.24) is 5.32 Å². The van der Waals surface area contributed by atoms with Gasteiger partial charge in [-0.25, -0.2) is 0 Å². The second-order valence-electron chi connectivity index (χ2n) is 4.37. The van der Waals surface area contributed by atoms with Crippen molar-refractivity contribution in [2.75, 3.05) is 0 Å². The summed E-state index contributed by atoms with van der Waals surface area (Å²) in [7, 11) is 0. The maximum Gasteiger partial charge on any atom is 0.220 e. The fourth-order valence-corrected chi connectivity index (χ4v) is 2.47. The Bertz CT molecular complexity index is 502. The molecule has 0 aliphatic heterocycles. The molecular formula is C14H17NO2S. The summed E-state index contributed by atoms with van der Waals surface area (Å²) >= 11 is 1.66. The number of amides is 1. The quantitative estimate of drug-likeness (QED) is 0.897. The van der Waals surface area contributed by atoms with E-state index in [2.05, 4.69) is 16.8 Å². The lowest BCUT2D eigenvalue weighted by atomic mass is 10.1.